The van der Waals surface area contributed by atoms with Crippen molar-refractivity contribution in [1.82, 2.24) is 44.9 Å². The van der Waals surface area contributed by atoms with Crippen molar-refractivity contribution in [2.75, 3.05) is 0 Å². The molecular formula is C127H77N9. The average Bonchev–Trinajstić information content (AvgIpc) is 0.764. The molecule has 25 aromatic carbocycles. The van der Waals surface area contributed by atoms with E-state index in [1.165, 1.54) is 135 Å². The molecule has 136 heavy (non-hydrogen) atoms. The van der Waals surface area contributed by atoms with Gasteiger partial charge in [-0.1, -0.05) is 431 Å². The van der Waals surface area contributed by atoms with Crippen molar-refractivity contribution in [2.24, 2.45) is 0 Å². The Morgan fingerprint density at radius 3 is 0.522 bits per heavy atom. The van der Waals surface area contributed by atoms with Gasteiger partial charge in [0.2, 0.25) is 0 Å². The van der Waals surface area contributed by atoms with Gasteiger partial charge in [0.05, 0.1) is 0 Å². The molecule has 28 rings (SSSR count). The van der Waals surface area contributed by atoms with Crippen LogP contribution in [0, 0.1) is 0 Å². The highest BCUT2D eigenvalue weighted by atomic mass is 15.1. The Balaban J connectivity index is 0.000000106. The summed E-state index contributed by atoms with van der Waals surface area (Å²) in [5, 5.41) is 39.2. The Morgan fingerprint density at radius 2 is 0.243 bits per heavy atom. The molecule has 0 saturated carbocycles. The maximum absolute atomic E-state index is 5.14. The number of aromatic nitrogens is 9. The first-order valence-electron chi connectivity index (χ1n) is 46.0. The van der Waals surface area contributed by atoms with Crippen LogP contribution in [-0.2, 0) is 0 Å². The van der Waals surface area contributed by atoms with Gasteiger partial charge in [-0.25, -0.2) is 44.9 Å². The van der Waals surface area contributed by atoms with E-state index in [1.54, 1.807) is 0 Å². The molecule has 0 radical (unpaired) electrons. The van der Waals surface area contributed by atoms with E-state index in [0.717, 1.165) is 87.8 Å². The van der Waals surface area contributed by atoms with Crippen LogP contribution in [-0.4, -0.2) is 44.9 Å². The highest BCUT2D eigenvalue weighted by Crippen LogP contribution is 2.43. The fraction of sp³-hybridized carbons (Fsp3) is 0. The van der Waals surface area contributed by atoms with Crippen LogP contribution < -0.4 is 0 Å². The monoisotopic (exact) mass is 1730 g/mol. The first-order valence-corrected chi connectivity index (χ1v) is 46.0. The number of fused-ring (bicyclic) bond motifs is 26. The standard InChI is InChI=1S/C45H27N3.2C41H25N3/c1-2-10-30(11-3-1)43-46-44(33-18-20-37-31(26-33)16-24-39-35-12-6-4-8-28(35)14-22-41(37)39)48-45(47-43)34-19-21-38-32(27-34)17-25-40-36-13-7-5-9-29(36)15-23-42(38)40;1-2-11-27(12-3-1)39-42-40(44-41(43-39)38-25-28-13-5-7-15-32(28)34-16-8-9-17-35(34)38)30-20-21-33-29(24-30)19-23-36-31-14-6-4-10-26(31)18-22-37(33)36;1-2-10-28(11-3-1)39-42-40(31-18-20-35-29(24-31)15-14-26-8-4-6-12-33(26)35)44-41(43-39)32-19-21-36-30(25-32)17-23-37-34-13-7-5-9-27(34)16-22-38(36)37/h1-27H;2*1-25H. The summed E-state index contributed by atoms with van der Waals surface area (Å²) in [5.74, 6) is 5.94. The Hall–Kier alpha value is -18.3. The largest absolute Gasteiger partial charge is 0.208 e. The second kappa shape index (κ2) is 33.0. The molecule has 0 amide bonds. The summed E-state index contributed by atoms with van der Waals surface area (Å²) >= 11 is 0. The summed E-state index contributed by atoms with van der Waals surface area (Å²) in [5.41, 5.74) is 8.69. The van der Waals surface area contributed by atoms with Gasteiger partial charge < -0.3 is 0 Å². The number of hydrogen-bond acceptors (Lipinski definition) is 9. The SMILES string of the molecule is c1ccc(-c2nc(-c3ccc4c(ccc5c6ccccc6ccc45)c3)nc(-c3cc4ccccc4c4ccccc34)n2)cc1.c1ccc(-c2nc(-c3ccc4c(ccc5c6ccccc6ccc45)c3)nc(-c3ccc4c(ccc5c6ccccc6ccc45)c3)n2)cc1.c1ccc(-c2nc(-c3ccc4c(ccc5ccccc54)c3)nc(-c3ccc4c(ccc5c6ccccc6ccc45)c3)n2)cc1. The van der Waals surface area contributed by atoms with E-state index in [0.29, 0.717) is 52.4 Å². The number of rotatable bonds is 9. The van der Waals surface area contributed by atoms with Gasteiger partial charge in [-0.05, 0) is 209 Å². The Morgan fingerprint density at radius 1 is 0.0882 bits per heavy atom. The second-order valence-corrected chi connectivity index (χ2v) is 35.0. The van der Waals surface area contributed by atoms with Crippen molar-refractivity contribution in [3.63, 3.8) is 0 Å². The lowest BCUT2D eigenvalue weighted by Crippen LogP contribution is -2.00. The number of hydrogen-bond donors (Lipinski definition) is 0. The lowest BCUT2D eigenvalue weighted by Gasteiger charge is -2.13. The van der Waals surface area contributed by atoms with E-state index < -0.39 is 0 Å². The van der Waals surface area contributed by atoms with E-state index in [4.69, 9.17) is 44.9 Å². The molecule has 28 aromatic rings. The van der Waals surface area contributed by atoms with Crippen LogP contribution in [0.15, 0.2) is 467 Å². The normalized spacial score (nSPS) is 11.7. The summed E-state index contributed by atoms with van der Waals surface area (Å²) in [7, 11) is 0. The molecule has 9 nitrogen and oxygen atoms in total. The highest BCUT2D eigenvalue weighted by Gasteiger charge is 2.22. The third-order valence-corrected chi connectivity index (χ3v) is 27.0. The van der Waals surface area contributed by atoms with Gasteiger partial charge in [-0.15, -0.1) is 0 Å². The predicted molar refractivity (Wildman–Crippen MR) is 569 cm³/mol. The smallest absolute Gasteiger partial charge is 0.164 e. The number of benzene rings is 25. The molecular weight excluding hydrogens is 1650 g/mol. The molecule has 0 fully saturated rings. The third-order valence-electron chi connectivity index (χ3n) is 27.0. The molecule has 0 aliphatic heterocycles. The van der Waals surface area contributed by atoms with E-state index in [2.05, 4.69) is 400 Å². The second-order valence-electron chi connectivity index (χ2n) is 35.0. The van der Waals surface area contributed by atoms with Gasteiger partial charge in [0.15, 0.2) is 52.4 Å². The molecule has 0 bridgehead atoms. The summed E-state index contributed by atoms with van der Waals surface area (Å²) in [6.45, 7) is 0. The van der Waals surface area contributed by atoms with Gasteiger partial charge in [0.1, 0.15) is 0 Å². The van der Waals surface area contributed by atoms with Crippen molar-refractivity contribution in [2.45, 2.75) is 0 Å². The van der Waals surface area contributed by atoms with Crippen LogP contribution in [0.2, 0.25) is 0 Å². The van der Waals surface area contributed by atoms with E-state index in [9.17, 15) is 0 Å². The van der Waals surface area contributed by atoms with Gasteiger partial charge >= 0.3 is 0 Å². The average molecular weight is 1730 g/mol. The van der Waals surface area contributed by atoms with Crippen molar-refractivity contribution >= 4 is 172 Å². The summed E-state index contributed by atoms with van der Waals surface area (Å²) in [6.07, 6.45) is 0. The van der Waals surface area contributed by atoms with Crippen LogP contribution in [0.25, 0.3) is 275 Å². The third kappa shape index (κ3) is 14.1. The number of nitrogens with zero attached hydrogens (tertiary/aromatic N) is 9. The first-order chi connectivity index (χ1) is 67.3. The van der Waals surface area contributed by atoms with E-state index in [-0.39, 0.29) is 0 Å². The van der Waals surface area contributed by atoms with Crippen molar-refractivity contribution in [1.29, 1.82) is 0 Å². The Bertz CT molecular complexity index is 9600. The molecule has 9 heteroatoms. The van der Waals surface area contributed by atoms with Crippen LogP contribution in [0.5, 0.6) is 0 Å². The van der Waals surface area contributed by atoms with Crippen molar-refractivity contribution < 1.29 is 0 Å². The fourth-order valence-corrected chi connectivity index (χ4v) is 20.3. The molecule has 0 saturated heterocycles. The Kier molecular flexibility index (Phi) is 19.1. The molecule has 0 aliphatic rings. The zero-order valence-corrected chi connectivity index (χ0v) is 73.5. The maximum Gasteiger partial charge on any atom is 0.164 e. The molecule has 3 heterocycles. The maximum atomic E-state index is 5.14. The lowest BCUT2D eigenvalue weighted by atomic mass is 9.96. The zero-order chi connectivity index (χ0) is 89.7. The van der Waals surface area contributed by atoms with Crippen molar-refractivity contribution in [3.8, 4) is 102 Å². The fourth-order valence-electron chi connectivity index (χ4n) is 20.3. The zero-order valence-electron chi connectivity index (χ0n) is 73.5. The highest BCUT2D eigenvalue weighted by molar-refractivity contribution is 6.22. The molecule has 0 N–H and O–H groups in total. The molecule has 0 spiro atoms. The molecule has 630 valence electrons. The predicted octanol–water partition coefficient (Wildman–Crippen LogP) is 33.1. The van der Waals surface area contributed by atoms with Crippen LogP contribution in [0.1, 0.15) is 0 Å². The molecule has 0 atom stereocenters. The minimum atomic E-state index is 0.657. The van der Waals surface area contributed by atoms with Gasteiger partial charge in [-0.2, -0.15) is 0 Å². The van der Waals surface area contributed by atoms with Crippen molar-refractivity contribution in [3.05, 3.63) is 467 Å². The van der Waals surface area contributed by atoms with Crippen LogP contribution in [0.3, 0.4) is 0 Å². The van der Waals surface area contributed by atoms with Gasteiger partial charge in [0.25, 0.3) is 0 Å². The summed E-state index contributed by atoms with van der Waals surface area (Å²) in [4.78, 5) is 45.4. The van der Waals surface area contributed by atoms with Crippen LogP contribution >= 0.6 is 0 Å². The molecule has 0 unspecified atom stereocenters. The Labute approximate surface area is 781 Å². The summed E-state index contributed by atoms with van der Waals surface area (Å²) < 4.78 is 0. The van der Waals surface area contributed by atoms with E-state index in [1.807, 2.05) is 66.7 Å². The first kappa shape index (κ1) is 78.7. The van der Waals surface area contributed by atoms with E-state index >= 15 is 0 Å². The summed E-state index contributed by atoms with van der Waals surface area (Å²) in [6, 6.07) is 165. The molecule has 3 aromatic heterocycles. The lowest BCUT2D eigenvalue weighted by molar-refractivity contribution is 1.07. The minimum absolute atomic E-state index is 0.657. The topological polar surface area (TPSA) is 116 Å². The van der Waals surface area contributed by atoms with Gasteiger partial charge in [-0.3, -0.25) is 0 Å². The quantitative estimate of drug-likeness (QED) is 0.130. The minimum Gasteiger partial charge on any atom is -0.208 e. The molecule has 0 aliphatic carbocycles. The van der Waals surface area contributed by atoms with Gasteiger partial charge in [0, 0.05) is 50.1 Å². The van der Waals surface area contributed by atoms with Crippen LogP contribution in [0.4, 0.5) is 0 Å².